The minimum absolute atomic E-state index is 0. The normalized spacial score (nSPS) is 19.4. The van der Waals surface area contributed by atoms with Crippen LogP contribution in [0.3, 0.4) is 0 Å². The van der Waals surface area contributed by atoms with Crippen molar-refractivity contribution in [3.8, 4) is 0 Å². The maximum Gasteiger partial charge on any atom is 0.193 e. The van der Waals surface area contributed by atoms with Gasteiger partial charge in [0.05, 0.1) is 5.60 Å². The predicted octanol–water partition coefficient (Wildman–Crippen LogP) is 2.83. The molecule has 2 aliphatic rings. The van der Waals surface area contributed by atoms with Gasteiger partial charge in [0.2, 0.25) is 0 Å². The molecule has 0 radical (unpaired) electrons. The Balaban J connectivity index is 0.00000161. The molecule has 0 heterocycles. The van der Waals surface area contributed by atoms with Crippen molar-refractivity contribution in [3.63, 3.8) is 0 Å². The molecule has 1 saturated carbocycles. The number of hydrogen-bond donors (Lipinski definition) is 3. The molecule has 4 N–H and O–H groups in total. The predicted molar refractivity (Wildman–Crippen MR) is 97.4 cm³/mol. The average molecular weight is 401 g/mol. The summed E-state index contributed by atoms with van der Waals surface area (Å²) in [7, 11) is 0. The number of aliphatic hydroxyl groups is 1. The molecule has 0 amide bonds. The smallest absolute Gasteiger partial charge is 0.193 e. The quantitative estimate of drug-likeness (QED) is 0.413. The Kier molecular flexibility index (Phi) is 5.48. The molecule has 0 spiro atoms. The van der Waals surface area contributed by atoms with Gasteiger partial charge < -0.3 is 16.2 Å². The topological polar surface area (TPSA) is 70.6 Å². The third kappa shape index (κ3) is 4.10. The fourth-order valence-corrected chi connectivity index (χ4v) is 3.06. The molecule has 0 atom stereocenters. The summed E-state index contributed by atoms with van der Waals surface area (Å²) in [5, 5.41) is 13.1. The zero-order chi connectivity index (χ0) is 14.0. The zero-order valence-electron chi connectivity index (χ0n) is 12.3. The van der Waals surface area contributed by atoms with Gasteiger partial charge in [0.15, 0.2) is 5.96 Å². The van der Waals surface area contributed by atoms with Gasteiger partial charge in [0, 0.05) is 12.2 Å². The summed E-state index contributed by atoms with van der Waals surface area (Å²) in [4.78, 5) is 4.30. The van der Waals surface area contributed by atoms with Gasteiger partial charge in [-0.1, -0.05) is 6.07 Å². The van der Waals surface area contributed by atoms with Crippen molar-refractivity contribution in [2.75, 3.05) is 11.9 Å². The summed E-state index contributed by atoms with van der Waals surface area (Å²) in [6, 6.07) is 6.41. The van der Waals surface area contributed by atoms with E-state index in [1.165, 1.54) is 24.0 Å². The van der Waals surface area contributed by atoms with Crippen LogP contribution < -0.4 is 11.1 Å². The first-order chi connectivity index (χ1) is 9.65. The molecule has 0 saturated heterocycles. The van der Waals surface area contributed by atoms with Crippen LogP contribution in [0.5, 0.6) is 0 Å². The highest BCUT2D eigenvalue weighted by Crippen LogP contribution is 2.34. The molecule has 1 aromatic rings. The van der Waals surface area contributed by atoms with Crippen molar-refractivity contribution in [3.05, 3.63) is 29.3 Å². The van der Waals surface area contributed by atoms with Crippen LogP contribution in [-0.4, -0.2) is 23.2 Å². The Hall–Kier alpha value is -0.820. The van der Waals surface area contributed by atoms with Crippen LogP contribution >= 0.6 is 24.0 Å². The lowest BCUT2D eigenvalue weighted by Crippen LogP contribution is -2.37. The van der Waals surface area contributed by atoms with Crippen molar-refractivity contribution >= 4 is 35.6 Å². The van der Waals surface area contributed by atoms with Gasteiger partial charge in [-0.25, -0.2) is 0 Å². The monoisotopic (exact) mass is 401 g/mol. The number of nitrogens with one attached hydrogen (secondary N) is 1. The highest BCUT2D eigenvalue weighted by atomic mass is 127. The van der Waals surface area contributed by atoms with Gasteiger partial charge in [0.25, 0.3) is 0 Å². The number of fused-ring (bicyclic) bond motifs is 1. The first kappa shape index (κ1) is 16.5. The number of nitrogens with two attached hydrogens (primary N) is 1. The number of anilines is 1. The SMILES string of the molecule is I.NC(=NCCC1(O)CCC1)Nc1ccc2c(c1)CCC2. The molecule has 0 bridgehead atoms. The Morgan fingerprint density at radius 2 is 2.00 bits per heavy atom. The number of guanidine groups is 1. The van der Waals surface area contributed by atoms with Gasteiger partial charge >= 0.3 is 0 Å². The lowest BCUT2D eigenvalue weighted by Gasteiger charge is -2.36. The number of hydrogen-bond acceptors (Lipinski definition) is 2. The number of rotatable bonds is 4. The molecule has 116 valence electrons. The van der Waals surface area contributed by atoms with Gasteiger partial charge in [-0.3, -0.25) is 4.99 Å². The number of aryl methyl sites for hydroxylation is 2. The second-order valence-electron chi connectivity index (χ2n) is 6.06. The number of halogens is 1. The van der Waals surface area contributed by atoms with Crippen LogP contribution in [-0.2, 0) is 12.8 Å². The summed E-state index contributed by atoms with van der Waals surface area (Å²) < 4.78 is 0. The molecule has 0 aromatic heterocycles. The first-order valence-electron chi connectivity index (χ1n) is 7.56. The molecule has 2 aliphatic carbocycles. The molecule has 5 heteroatoms. The summed E-state index contributed by atoms with van der Waals surface area (Å²) in [6.45, 7) is 0.584. The molecule has 1 aromatic carbocycles. The van der Waals surface area contributed by atoms with Gasteiger partial charge in [-0.15, -0.1) is 24.0 Å². The summed E-state index contributed by atoms with van der Waals surface area (Å²) >= 11 is 0. The minimum atomic E-state index is -0.475. The Morgan fingerprint density at radius 1 is 1.24 bits per heavy atom. The van der Waals surface area contributed by atoms with Crippen molar-refractivity contribution in [1.82, 2.24) is 0 Å². The number of benzene rings is 1. The summed E-state index contributed by atoms with van der Waals surface area (Å²) in [6.07, 6.45) is 7.25. The van der Waals surface area contributed by atoms with Crippen molar-refractivity contribution in [2.24, 2.45) is 10.7 Å². The summed E-state index contributed by atoms with van der Waals surface area (Å²) in [5.41, 5.74) is 9.31. The second kappa shape index (κ2) is 6.96. The van der Waals surface area contributed by atoms with E-state index in [2.05, 4.69) is 28.5 Å². The lowest BCUT2D eigenvalue weighted by atomic mass is 9.78. The molecule has 0 aliphatic heterocycles. The largest absolute Gasteiger partial charge is 0.390 e. The maximum absolute atomic E-state index is 9.99. The van der Waals surface area contributed by atoms with Crippen molar-refractivity contribution in [1.29, 1.82) is 0 Å². The van der Waals surface area contributed by atoms with E-state index >= 15 is 0 Å². The summed E-state index contributed by atoms with van der Waals surface area (Å²) in [5.74, 6) is 0.436. The van der Waals surface area contributed by atoms with Crippen LogP contribution in [0.25, 0.3) is 0 Å². The zero-order valence-corrected chi connectivity index (χ0v) is 14.6. The van der Waals surface area contributed by atoms with E-state index in [9.17, 15) is 5.11 Å². The van der Waals surface area contributed by atoms with Crippen LogP contribution in [0.4, 0.5) is 5.69 Å². The van der Waals surface area contributed by atoms with E-state index < -0.39 is 5.60 Å². The van der Waals surface area contributed by atoms with Crippen LogP contribution in [0.1, 0.15) is 43.2 Å². The number of nitrogens with zero attached hydrogens (tertiary/aromatic N) is 1. The molecule has 21 heavy (non-hydrogen) atoms. The van der Waals surface area contributed by atoms with Gasteiger partial charge in [-0.2, -0.15) is 0 Å². The van der Waals surface area contributed by atoms with E-state index in [0.29, 0.717) is 18.9 Å². The van der Waals surface area contributed by atoms with Crippen LogP contribution in [0.2, 0.25) is 0 Å². The molecule has 3 rings (SSSR count). The van der Waals surface area contributed by atoms with E-state index in [1.54, 1.807) is 0 Å². The second-order valence-corrected chi connectivity index (χ2v) is 6.06. The molecule has 4 nitrogen and oxygen atoms in total. The molecular weight excluding hydrogens is 377 g/mol. The minimum Gasteiger partial charge on any atom is -0.390 e. The van der Waals surface area contributed by atoms with Crippen LogP contribution in [0.15, 0.2) is 23.2 Å². The van der Waals surface area contributed by atoms with Crippen molar-refractivity contribution in [2.45, 2.75) is 50.5 Å². The average Bonchev–Trinajstić information content (AvgIpc) is 2.84. The fourth-order valence-electron chi connectivity index (χ4n) is 3.06. The first-order valence-corrected chi connectivity index (χ1v) is 7.56. The Bertz CT molecular complexity index is 526. The van der Waals surface area contributed by atoms with E-state index in [1.807, 2.05) is 0 Å². The molecule has 1 fully saturated rings. The van der Waals surface area contributed by atoms with E-state index in [0.717, 1.165) is 31.4 Å². The van der Waals surface area contributed by atoms with Gasteiger partial charge in [-0.05, 0) is 68.2 Å². The molecule has 0 unspecified atom stereocenters. The Morgan fingerprint density at radius 3 is 2.71 bits per heavy atom. The lowest BCUT2D eigenvalue weighted by molar-refractivity contribution is -0.0377. The Labute approximate surface area is 143 Å². The molecular formula is C16H24IN3O. The maximum atomic E-state index is 9.99. The highest BCUT2D eigenvalue weighted by molar-refractivity contribution is 14.0. The standard InChI is InChI=1S/C16H23N3O.HI/c17-15(18-10-9-16(20)7-2-8-16)19-14-6-5-12-3-1-4-13(12)11-14;/h5-6,11,20H,1-4,7-10H2,(H3,17,18,19);1H. The van der Waals surface area contributed by atoms with Gasteiger partial charge in [0.1, 0.15) is 0 Å². The number of aliphatic imine (C=N–C) groups is 1. The fraction of sp³-hybridized carbons (Fsp3) is 0.562. The third-order valence-electron chi connectivity index (χ3n) is 4.51. The van der Waals surface area contributed by atoms with Crippen molar-refractivity contribution < 1.29 is 5.11 Å². The van der Waals surface area contributed by atoms with Crippen LogP contribution in [0, 0.1) is 0 Å². The highest BCUT2D eigenvalue weighted by Gasteiger charge is 2.33. The van der Waals surface area contributed by atoms with E-state index in [4.69, 9.17) is 5.73 Å². The van der Waals surface area contributed by atoms with E-state index in [-0.39, 0.29) is 24.0 Å². The third-order valence-corrected chi connectivity index (χ3v) is 4.51.